The number of carbonyl (C=O) groups excluding carboxylic acids is 11. The van der Waals surface area contributed by atoms with Crippen LogP contribution in [-0.2, 0) is 57.5 Å². The minimum atomic E-state index is -1.84. The fourth-order valence-corrected chi connectivity index (χ4v) is 9.21. The first-order chi connectivity index (χ1) is 39.1. The third-order valence-electron chi connectivity index (χ3n) is 14.8. The predicted molar refractivity (Wildman–Crippen MR) is 319 cm³/mol. The lowest BCUT2D eigenvalue weighted by molar-refractivity contribution is -0.141. The maximum absolute atomic E-state index is 14.5. The number of rotatable bonds is 36. The number of aliphatic hydroxyl groups excluding tert-OH is 2. The van der Waals surface area contributed by atoms with Gasteiger partial charge in [-0.2, -0.15) is 0 Å². The first kappa shape index (κ1) is 76.5. The van der Waals surface area contributed by atoms with E-state index >= 15 is 0 Å². The molecule has 11 atom stereocenters. The fraction of sp³-hybridized carbons (Fsp3) is 0.767. The second kappa shape index (κ2) is 34.6. The van der Waals surface area contributed by atoms with Gasteiger partial charge in [-0.25, -0.2) is 0 Å². The number of ketones is 1. The van der Waals surface area contributed by atoms with Crippen LogP contribution in [0.1, 0.15) is 182 Å². The SMILES string of the molecule is CCC(=O)CC(O)CC(C)C[C@H](NC(=O)[C@@H]1C[C@H](C)CN1C(=O)/C=C/C(C)CC)C(=O)N[C@H](C(=O)NC(C)(C)C(=O)N[C@@H](CC(C)C)C(=O)N[C@@H](CC(C)C)C(=O)NC(C)(C)C(=O)NC(C)(C)C(=O)NCCC(=O)NC(C)C(=O)O)C(O)C(C)C. The Hall–Kier alpha value is -6.50. The molecule has 0 saturated carbocycles. The van der Waals surface area contributed by atoms with Crippen LogP contribution in [0.5, 0.6) is 0 Å². The van der Waals surface area contributed by atoms with Crippen LogP contribution in [0, 0.1) is 35.5 Å². The van der Waals surface area contributed by atoms with Gasteiger partial charge in [0, 0.05) is 32.4 Å². The molecule has 0 spiro atoms. The van der Waals surface area contributed by atoms with Crippen molar-refractivity contribution in [2.24, 2.45) is 35.5 Å². The Morgan fingerprint density at radius 1 is 0.612 bits per heavy atom. The zero-order chi connectivity index (χ0) is 65.6. The van der Waals surface area contributed by atoms with Crippen molar-refractivity contribution in [2.45, 2.75) is 247 Å². The number of nitrogens with one attached hydrogen (secondary N) is 9. The molecular formula is C60H104N10O15. The number of Topliss-reactive ketones (excluding diaryl/α,β-unsaturated/α-hetero) is 1. The number of aliphatic carboxylic acids is 1. The molecule has 0 radical (unpaired) electrons. The second-order valence-corrected chi connectivity index (χ2v) is 26.0. The molecule has 484 valence electrons. The zero-order valence-electron chi connectivity index (χ0n) is 53.7. The van der Waals surface area contributed by atoms with Crippen LogP contribution < -0.4 is 47.9 Å². The van der Waals surface area contributed by atoms with Gasteiger partial charge < -0.3 is 68.1 Å². The average Bonchev–Trinajstić information content (AvgIpc) is 3.91. The van der Waals surface area contributed by atoms with E-state index in [2.05, 4.69) is 47.9 Å². The van der Waals surface area contributed by atoms with Gasteiger partial charge in [0.05, 0.1) is 12.2 Å². The molecule has 0 bridgehead atoms. The van der Waals surface area contributed by atoms with Crippen LogP contribution in [0.2, 0.25) is 0 Å². The number of hydrogen-bond donors (Lipinski definition) is 12. The molecule has 25 heteroatoms. The van der Waals surface area contributed by atoms with Crippen molar-refractivity contribution >= 4 is 70.8 Å². The lowest BCUT2D eigenvalue weighted by Crippen LogP contribution is -2.66. The number of likely N-dealkylation sites (tertiary alicyclic amines) is 1. The summed E-state index contributed by atoms with van der Waals surface area (Å²) in [7, 11) is 0. The normalized spacial score (nSPS) is 17.9. The lowest BCUT2D eigenvalue weighted by Gasteiger charge is -2.34. The van der Waals surface area contributed by atoms with E-state index < -0.39 is 136 Å². The number of aliphatic hydroxyl groups is 2. The van der Waals surface area contributed by atoms with E-state index in [-0.39, 0.29) is 93.4 Å². The van der Waals surface area contributed by atoms with Gasteiger partial charge in [-0.05, 0) is 122 Å². The van der Waals surface area contributed by atoms with Crippen LogP contribution in [0.25, 0.3) is 0 Å². The standard InChI is InChI=1S/C60H104N10O15/c1-19-35(9)21-22-46(74)70-31-37(11)29-44(70)52(79)64-43(28-36(10)27-40(72)30-39(71)20-2)50(77)66-47(48(75)34(7)8)53(80)68-59(15,16)56(84)65-41(25-32(3)4)49(76)63-42(26-33(5)6)51(78)67-60(17,18)57(85)69-58(13,14)55(83)61-24-23-45(73)62-38(12)54(81)82/h21-22,32-38,40-44,47-48,72,75H,19-20,23-31H2,1-18H3,(H,61,83)(H,62,73)(H,63,76)(H,64,79)(H,65,84)(H,66,77)(H,67,78)(H,68,80)(H,69,85)(H,81,82)/b22-21+/t35?,36?,37-,38?,40?,41-,42-,43-,44-,47-,48?/m0/s1. The molecular weight excluding hydrogens is 1100 g/mol. The Bertz CT molecular complexity index is 2370. The monoisotopic (exact) mass is 1200 g/mol. The van der Waals surface area contributed by atoms with Crippen molar-refractivity contribution in [3.05, 3.63) is 12.2 Å². The van der Waals surface area contributed by atoms with E-state index in [4.69, 9.17) is 5.11 Å². The second-order valence-electron chi connectivity index (χ2n) is 26.0. The number of hydrogen-bond acceptors (Lipinski definition) is 14. The highest BCUT2D eigenvalue weighted by atomic mass is 16.4. The molecule has 1 saturated heterocycles. The molecule has 25 nitrogen and oxygen atoms in total. The number of nitrogens with zero attached hydrogens (tertiary/aromatic N) is 1. The van der Waals surface area contributed by atoms with Crippen molar-refractivity contribution in [1.29, 1.82) is 0 Å². The smallest absolute Gasteiger partial charge is 0.325 e. The Balaban J connectivity index is 3.45. The quantitative estimate of drug-likeness (QED) is 0.0398. The van der Waals surface area contributed by atoms with E-state index in [1.54, 1.807) is 61.5 Å². The minimum absolute atomic E-state index is 0.0530. The summed E-state index contributed by atoms with van der Waals surface area (Å²) in [6, 6.07) is -7.74. The molecule has 12 N–H and O–H groups in total. The van der Waals surface area contributed by atoms with Gasteiger partial charge in [-0.3, -0.25) is 57.5 Å². The van der Waals surface area contributed by atoms with Gasteiger partial charge in [0.15, 0.2) is 0 Å². The first-order valence-electron chi connectivity index (χ1n) is 29.9. The van der Waals surface area contributed by atoms with Gasteiger partial charge in [-0.15, -0.1) is 0 Å². The number of carboxylic acids is 1. The molecule has 10 amide bonds. The zero-order valence-corrected chi connectivity index (χ0v) is 53.7. The number of allylic oxidation sites excluding steroid dienone is 1. The molecule has 1 rings (SSSR count). The molecule has 0 aromatic heterocycles. The van der Waals surface area contributed by atoms with Crippen molar-refractivity contribution in [2.75, 3.05) is 13.1 Å². The van der Waals surface area contributed by atoms with Crippen molar-refractivity contribution in [3.8, 4) is 0 Å². The number of carboxylic acid groups (broad SMARTS) is 1. The number of amides is 10. The first-order valence-corrected chi connectivity index (χ1v) is 29.9. The van der Waals surface area contributed by atoms with Gasteiger partial charge in [0.1, 0.15) is 58.7 Å². The summed E-state index contributed by atoms with van der Waals surface area (Å²) >= 11 is 0. The Morgan fingerprint density at radius 2 is 1.13 bits per heavy atom. The van der Waals surface area contributed by atoms with Crippen LogP contribution >= 0.6 is 0 Å². The van der Waals surface area contributed by atoms with Crippen molar-refractivity contribution in [3.63, 3.8) is 0 Å². The summed E-state index contributed by atoms with van der Waals surface area (Å²) < 4.78 is 0. The summed E-state index contributed by atoms with van der Waals surface area (Å²) in [6.07, 6.45) is 1.68. The Morgan fingerprint density at radius 3 is 1.66 bits per heavy atom. The molecule has 5 unspecified atom stereocenters. The summed E-state index contributed by atoms with van der Waals surface area (Å²) in [4.78, 5) is 163. The van der Waals surface area contributed by atoms with Crippen molar-refractivity contribution in [1.82, 2.24) is 52.8 Å². The molecule has 1 aliphatic heterocycles. The van der Waals surface area contributed by atoms with Crippen LogP contribution in [0.15, 0.2) is 12.2 Å². The van der Waals surface area contributed by atoms with E-state index in [0.29, 0.717) is 6.42 Å². The topological polar surface area (TPSA) is 377 Å². The molecule has 0 aromatic carbocycles. The van der Waals surface area contributed by atoms with E-state index in [1.165, 1.54) is 59.4 Å². The maximum atomic E-state index is 14.5. The third-order valence-corrected chi connectivity index (χ3v) is 14.8. The predicted octanol–water partition coefficient (Wildman–Crippen LogP) is 1.80. The Kier molecular flexibility index (Phi) is 31.1. The van der Waals surface area contributed by atoms with Crippen LogP contribution in [-0.4, -0.2) is 169 Å². The molecule has 0 aliphatic carbocycles. The van der Waals surface area contributed by atoms with E-state index in [1.807, 2.05) is 20.8 Å². The fourth-order valence-electron chi connectivity index (χ4n) is 9.21. The van der Waals surface area contributed by atoms with Crippen LogP contribution in [0.3, 0.4) is 0 Å². The summed E-state index contributed by atoms with van der Waals surface area (Å²) in [5.74, 6) is -10.2. The third kappa shape index (κ3) is 26.3. The molecule has 1 aliphatic rings. The average molecular weight is 1210 g/mol. The van der Waals surface area contributed by atoms with Crippen LogP contribution in [0.4, 0.5) is 0 Å². The lowest BCUT2D eigenvalue weighted by atomic mass is 9.92. The van der Waals surface area contributed by atoms with Gasteiger partial charge >= 0.3 is 5.97 Å². The van der Waals surface area contributed by atoms with E-state index in [9.17, 15) is 67.7 Å². The highest BCUT2D eigenvalue weighted by Crippen LogP contribution is 2.25. The van der Waals surface area contributed by atoms with Gasteiger partial charge in [-0.1, -0.05) is 88.7 Å². The minimum Gasteiger partial charge on any atom is -0.480 e. The van der Waals surface area contributed by atoms with E-state index in [0.717, 1.165) is 6.42 Å². The summed E-state index contributed by atoms with van der Waals surface area (Å²) in [5.41, 5.74) is -5.08. The largest absolute Gasteiger partial charge is 0.480 e. The highest BCUT2D eigenvalue weighted by Gasteiger charge is 2.43. The maximum Gasteiger partial charge on any atom is 0.325 e. The summed E-state index contributed by atoms with van der Waals surface area (Å²) in [5, 5.41) is 54.8. The highest BCUT2D eigenvalue weighted by molar-refractivity contribution is 6.00. The van der Waals surface area contributed by atoms with Gasteiger partial charge in [0.25, 0.3) is 0 Å². The van der Waals surface area contributed by atoms with Crippen molar-refractivity contribution < 1.29 is 72.9 Å². The molecule has 85 heavy (non-hydrogen) atoms. The molecule has 0 aromatic rings. The molecule has 1 fully saturated rings. The molecule has 1 heterocycles. The Labute approximate surface area is 503 Å². The number of carbonyl (C=O) groups is 12. The summed E-state index contributed by atoms with van der Waals surface area (Å²) in [6.45, 7) is 29.3. The van der Waals surface area contributed by atoms with Gasteiger partial charge in [0.2, 0.25) is 59.1 Å².